The van der Waals surface area contributed by atoms with Crippen LogP contribution in [0.4, 0.5) is 16.2 Å². The Morgan fingerprint density at radius 1 is 1.16 bits per heavy atom. The summed E-state index contributed by atoms with van der Waals surface area (Å²) in [5.41, 5.74) is -0.00881. The maximum atomic E-state index is 13.3. The number of halogens is 1. The summed E-state index contributed by atoms with van der Waals surface area (Å²) in [5, 5.41) is 15.6. The van der Waals surface area contributed by atoms with Crippen LogP contribution in [-0.2, 0) is 30.5 Å². The first-order chi connectivity index (χ1) is 20.8. The summed E-state index contributed by atoms with van der Waals surface area (Å²) < 4.78 is 11.9. The molecule has 2 aromatic carbocycles. The number of anilines is 1. The van der Waals surface area contributed by atoms with Gasteiger partial charge in [-0.1, -0.05) is 29.8 Å². The van der Waals surface area contributed by atoms with Gasteiger partial charge < -0.3 is 14.8 Å². The number of thiophene rings is 1. The summed E-state index contributed by atoms with van der Waals surface area (Å²) in [7, 11) is 0. The Morgan fingerprint density at radius 2 is 1.86 bits per heavy atom. The minimum absolute atomic E-state index is 0.102. The molecule has 12 nitrogen and oxygen atoms in total. The highest BCUT2D eigenvalue weighted by molar-refractivity contribution is 8.00. The van der Waals surface area contributed by atoms with Crippen molar-refractivity contribution in [2.24, 2.45) is 0 Å². The summed E-state index contributed by atoms with van der Waals surface area (Å²) >= 11 is 9.03. The molecule has 1 saturated heterocycles. The van der Waals surface area contributed by atoms with Gasteiger partial charge in [-0.3, -0.25) is 29.5 Å². The Kier molecular flexibility index (Phi) is 8.86. The number of nitro groups is 1. The van der Waals surface area contributed by atoms with Gasteiger partial charge in [0.1, 0.15) is 35.9 Å². The number of nitrogens with one attached hydrogen (secondary N) is 1. The van der Waals surface area contributed by atoms with E-state index in [1.807, 2.05) is 24.3 Å². The Balaban J connectivity index is 1.26. The molecular formula is C29H27ClN4O8S2. The lowest BCUT2D eigenvalue weighted by Gasteiger charge is -2.49. The molecule has 3 heterocycles. The van der Waals surface area contributed by atoms with Crippen LogP contribution in [0.25, 0.3) is 10.1 Å². The van der Waals surface area contributed by atoms with E-state index in [1.54, 1.807) is 26.2 Å². The fourth-order valence-electron chi connectivity index (χ4n) is 4.60. The van der Waals surface area contributed by atoms with Crippen LogP contribution in [0, 0.1) is 10.1 Å². The zero-order valence-electron chi connectivity index (χ0n) is 23.8. The molecule has 5 rings (SSSR count). The molecule has 1 aromatic heterocycles. The van der Waals surface area contributed by atoms with Crippen LogP contribution in [0.3, 0.4) is 0 Å². The third kappa shape index (κ3) is 6.51. The van der Waals surface area contributed by atoms with Crippen LogP contribution in [-0.4, -0.2) is 63.0 Å². The number of nitrogens with zero attached hydrogens (tertiary/aromatic N) is 3. The van der Waals surface area contributed by atoms with E-state index in [9.17, 15) is 29.3 Å². The number of thioether (sulfide) groups is 1. The van der Waals surface area contributed by atoms with Gasteiger partial charge >= 0.3 is 12.1 Å². The predicted molar refractivity (Wildman–Crippen MR) is 166 cm³/mol. The summed E-state index contributed by atoms with van der Waals surface area (Å²) in [6.45, 7) is 4.58. The summed E-state index contributed by atoms with van der Waals surface area (Å²) in [5.74, 6) is -1.78. The highest BCUT2D eigenvalue weighted by atomic mass is 35.5. The maximum Gasteiger partial charge on any atom is 0.415 e. The van der Waals surface area contributed by atoms with Crippen LogP contribution in [0.1, 0.15) is 26.3 Å². The lowest BCUT2D eigenvalue weighted by molar-refractivity contribution is -0.384. The third-order valence-electron chi connectivity index (χ3n) is 6.62. The van der Waals surface area contributed by atoms with Gasteiger partial charge in [0.2, 0.25) is 5.91 Å². The van der Waals surface area contributed by atoms with Crippen molar-refractivity contribution in [3.05, 3.63) is 80.3 Å². The van der Waals surface area contributed by atoms with Crippen molar-refractivity contribution in [3.63, 3.8) is 0 Å². The van der Waals surface area contributed by atoms with E-state index >= 15 is 0 Å². The number of carbonyl (C=O) groups is 4. The lowest BCUT2D eigenvalue weighted by Crippen LogP contribution is -2.71. The number of carbonyl (C=O) groups excluding carboxylic acids is 4. The molecule has 0 spiro atoms. The molecule has 0 radical (unpaired) electrons. The molecule has 1 fully saturated rings. The number of benzene rings is 2. The molecule has 0 bridgehead atoms. The molecular weight excluding hydrogens is 632 g/mol. The average Bonchev–Trinajstić information content (AvgIpc) is 3.40. The highest BCUT2D eigenvalue weighted by Crippen LogP contribution is 2.42. The summed E-state index contributed by atoms with van der Waals surface area (Å²) in [4.78, 5) is 65.4. The second-order valence-corrected chi connectivity index (χ2v) is 13.4. The standard InChI is InChI=1S/C29H27ClN4O8S2/c1-29(2,3)42-28(38)32(20-15-43-21-7-5-4-6-18(20)21)12-22(35)31-23-25(36)33-24(19(30)14-44-26(23)33)27(37)41-13-16-8-10-17(11-9-16)34(39)40/h4-11,15,23,26H,12-14H2,1-3H3,(H,31,35)/t23?,26-/m0/s1. The topological polar surface area (TPSA) is 148 Å². The first-order valence-corrected chi connectivity index (χ1v) is 15.6. The number of rotatable bonds is 8. The Bertz CT molecular complexity index is 1680. The first kappa shape index (κ1) is 31.3. The zero-order chi connectivity index (χ0) is 31.8. The van der Waals surface area contributed by atoms with E-state index in [1.165, 1.54) is 57.2 Å². The number of fused-ring (bicyclic) bond motifs is 2. The molecule has 2 aliphatic heterocycles. The molecule has 0 saturated carbocycles. The smallest absolute Gasteiger partial charge is 0.415 e. The number of non-ortho nitro benzene ring substituents is 1. The van der Waals surface area contributed by atoms with Gasteiger partial charge in [0.25, 0.3) is 11.6 Å². The lowest BCUT2D eigenvalue weighted by atomic mass is 10.0. The third-order valence-corrected chi connectivity index (χ3v) is 9.32. The molecule has 2 aliphatic rings. The van der Waals surface area contributed by atoms with E-state index in [-0.39, 0.29) is 28.8 Å². The van der Waals surface area contributed by atoms with Crippen molar-refractivity contribution in [2.75, 3.05) is 17.2 Å². The number of β-lactam (4-membered cyclic amide) rings is 1. The summed E-state index contributed by atoms with van der Waals surface area (Å²) in [6.07, 6.45) is -0.711. The van der Waals surface area contributed by atoms with Crippen LogP contribution in [0.5, 0.6) is 0 Å². The van der Waals surface area contributed by atoms with Crippen molar-refractivity contribution in [3.8, 4) is 0 Å². The van der Waals surface area contributed by atoms with Crippen molar-refractivity contribution in [1.82, 2.24) is 10.2 Å². The molecule has 2 atom stereocenters. The second kappa shape index (κ2) is 12.5. The van der Waals surface area contributed by atoms with Gasteiger partial charge in [-0.05, 0) is 44.5 Å². The normalized spacial score (nSPS) is 17.9. The minimum Gasteiger partial charge on any atom is -0.456 e. The number of amides is 3. The fourth-order valence-corrected chi connectivity index (χ4v) is 7.10. The second-order valence-electron chi connectivity index (χ2n) is 10.9. The Hall–Kier alpha value is -4.14. The zero-order valence-corrected chi connectivity index (χ0v) is 26.2. The minimum atomic E-state index is -0.963. The monoisotopic (exact) mass is 658 g/mol. The van der Waals surface area contributed by atoms with Crippen molar-refractivity contribution in [1.29, 1.82) is 0 Å². The van der Waals surface area contributed by atoms with Gasteiger partial charge in [-0.2, -0.15) is 0 Å². The van der Waals surface area contributed by atoms with Crippen molar-refractivity contribution in [2.45, 2.75) is 44.4 Å². The van der Waals surface area contributed by atoms with Crippen LogP contribution >= 0.6 is 34.7 Å². The number of nitro benzene ring substituents is 1. The quantitative estimate of drug-likeness (QED) is 0.150. The molecule has 1 N–H and O–H groups in total. The van der Waals surface area contributed by atoms with Gasteiger partial charge in [-0.25, -0.2) is 9.59 Å². The van der Waals surface area contributed by atoms with E-state index in [0.717, 1.165) is 10.1 Å². The number of hydrogen-bond acceptors (Lipinski definition) is 10. The number of hydrogen-bond donors (Lipinski definition) is 1. The molecule has 1 unspecified atom stereocenters. The van der Waals surface area contributed by atoms with Crippen molar-refractivity contribution >= 4 is 80.0 Å². The van der Waals surface area contributed by atoms with Gasteiger partial charge in [0.05, 0.1) is 15.6 Å². The predicted octanol–water partition coefficient (Wildman–Crippen LogP) is 5.14. The van der Waals surface area contributed by atoms with E-state index < -0.39 is 52.4 Å². The molecule has 3 amide bonds. The van der Waals surface area contributed by atoms with Crippen LogP contribution < -0.4 is 10.2 Å². The maximum absolute atomic E-state index is 13.3. The van der Waals surface area contributed by atoms with E-state index in [4.69, 9.17) is 21.1 Å². The average molecular weight is 659 g/mol. The number of esters is 1. The van der Waals surface area contributed by atoms with Crippen LogP contribution in [0.2, 0.25) is 0 Å². The van der Waals surface area contributed by atoms with Crippen LogP contribution in [0.15, 0.2) is 64.6 Å². The van der Waals surface area contributed by atoms with E-state index in [2.05, 4.69) is 5.32 Å². The largest absolute Gasteiger partial charge is 0.456 e. The fraction of sp³-hybridized carbons (Fsp3) is 0.310. The van der Waals surface area contributed by atoms with Crippen molar-refractivity contribution < 1.29 is 33.6 Å². The van der Waals surface area contributed by atoms with Gasteiger partial charge in [0, 0.05) is 33.4 Å². The Morgan fingerprint density at radius 3 is 2.55 bits per heavy atom. The van der Waals surface area contributed by atoms with E-state index in [0.29, 0.717) is 11.3 Å². The molecule has 15 heteroatoms. The van der Waals surface area contributed by atoms with Gasteiger partial charge in [0.15, 0.2) is 0 Å². The molecule has 230 valence electrons. The Labute approximate surface area is 265 Å². The SMILES string of the molecule is CC(C)(C)OC(=O)N(CC(=O)NC1C(=O)N2C(C(=O)OCc3ccc([N+](=O)[O-])cc3)=C(Cl)CS[C@@H]12)c1csc2ccccc12. The molecule has 3 aromatic rings. The summed E-state index contributed by atoms with van der Waals surface area (Å²) in [6, 6.07) is 12.0. The highest BCUT2D eigenvalue weighted by Gasteiger charge is 2.54. The number of ether oxygens (including phenoxy) is 2. The molecule has 0 aliphatic carbocycles. The van der Waals surface area contributed by atoms with Gasteiger partial charge in [-0.15, -0.1) is 23.1 Å². The first-order valence-electron chi connectivity index (χ1n) is 13.3. The molecule has 44 heavy (non-hydrogen) atoms.